The predicted molar refractivity (Wildman–Crippen MR) is 62.4 cm³/mol. The van der Waals surface area contributed by atoms with E-state index < -0.39 is 12.7 Å². The maximum absolute atomic E-state index is 12.4. The van der Waals surface area contributed by atoms with Crippen LogP contribution < -0.4 is 5.32 Å². The number of alkyl halides is 3. The van der Waals surface area contributed by atoms with E-state index >= 15 is 0 Å². The van der Waals surface area contributed by atoms with Crippen molar-refractivity contribution in [2.24, 2.45) is 5.92 Å². The molecule has 2 rings (SSSR count). The van der Waals surface area contributed by atoms with Crippen LogP contribution in [0.25, 0.3) is 0 Å². The molecule has 3 nitrogen and oxygen atoms in total. The maximum Gasteiger partial charge on any atom is 0.401 e. The van der Waals surface area contributed by atoms with E-state index in [1.807, 2.05) is 0 Å². The minimum absolute atomic E-state index is 0.156. The van der Waals surface area contributed by atoms with Crippen LogP contribution in [-0.4, -0.2) is 56.5 Å². The lowest BCUT2D eigenvalue weighted by Crippen LogP contribution is -2.40. The lowest BCUT2D eigenvalue weighted by Gasteiger charge is -2.23. The standard InChI is InChI=1S/C12H21F3N2O/c13-12(14,15)9-17(11-1-2-11)5-4-16-7-10-3-6-18-8-10/h10-11,16H,1-9H2. The summed E-state index contributed by atoms with van der Waals surface area (Å²) in [6.45, 7) is 2.79. The molecule has 2 fully saturated rings. The number of nitrogens with zero attached hydrogens (tertiary/aromatic N) is 1. The Labute approximate surface area is 106 Å². The molecule has 0 amide bonds. The van der Waals surface area contributed by atoms with E-state index in [0.29, 0.717) is 19.0 Å². The molecule has 1 unspecified atom stereocenters. The van der Waals surface area contributed by atoms with Gasteiger partial charge in [-0.3, -0.25) is 4.90 Å². The van der Waals surface area contributed by atoms with Gasteiger partial charge in [-0.2, -0.15) is 13.2 Å². The van der Waals surface area contributed by atoms with Crippen LogP contribution in [0.3, 0.4) is 0 Å². The number of nitrogens with one attached hydrogen (secondary N) is 1. The fourth-order valence-electron chi connectivity index (χ4n) is 2.33. The van der Waals surface area contributed by atoms with Crippen molar-refractivity contribution in [1.82, 2.24) is 10.2 Å². The highest BCUT2D eigenvalue weighted by molar-refractivity contribution is 4.86. The molecule has 6 heteroatoms. The van der Waals surface area contributed by atoms with Gasteiger partial charge in [-0.25, -0.2) is 0 Å². The Kier molecular flexibility index (Phi) is 4.86. The zero-order valence-corrected chi connectivity index (χ0v) is 10.5. The lowest BCUT2D eigenvalue weighted by molar-refractivity contribution is -0.147. The van der Waals surface area contributed by atoms with Crippen LogP contribution in [0.5, 0.6) is 0 Å². The largest absolute Gasteiger partial charge is 0.401 e. The first-order valence-corrected chi connectivity index (χ1v) is 6.64. The van der Waals surface area contributed by atoms with Crippen molar-refractivity contribution in [3.05, 3.63) is 0 Å². The Balaban J connectivity index is 1.60. The molecule has 0 aromatic carbocycles. The van der Waals surface area contributed by atoms with Crippen LogP contribution in [-0.2, 0) is 4.74 Å². The Bertz CT molecular complexity index is 250. The van der Waals surface area contributed by atoms with E-state index in [1.165, 1.54) is 0 Å². The molecule has 0 spiro atoms. The van der Waals surface area contributed by atoms with Gasteiger partial charge in [0.05, 0.1) is 13.2 Å². The average Bonchev–Trinajstić information content (AvgIpc) is 2.99. The minimum atomic E-state index is -4.08. The summed E-state index contributed by atoms with van der Waals surface area (Å²) in [6, 6.07) is 0.156. The second-order valence-electron chi connectivity index (χ2n) is 5.25. The quantitative estimate of drug-likeness (QED) is 0.709. The molecule has 106 valence electrons. The highest BCUT2D eigenvalue weighted by Gasteiger charge is 2.37. The van der Waals surface area contributed by atoms with Crippen molar-refractivity contribution in [1.29, 1.82) is 0 Å². The van der Waals surface area contributed by atoms with Gasteiger partial charge in [0.1, 0.15) is 0 Å². The minimum Gasteiger partial charge on any atom is -0.381 e. The second-order valence-corrected chi connectivity index (χ2v) is 5.25. The Morgan fingerprint density at radius 2 is 2.00 bits per heavy atom. The summed E-state index contributed by atoms with van der Waals surface area (Å²) in [5.41, 5.74) is 0. The number of hydrogen-bond acceptors (Lipinski definition) is 3. The van der Waals surface area contributed by atoms with Gasteiger partial charge in [-0.05, 0) is 25.2 Å². The summed E-state index contributed by atoms with van der Waals surface area (Å²) in [5, 5.41) is 3.24. The first-order valence-electron chi connectivity index (χ1n) is 6.64. The van der Waals surface area contributed by atoms with Crippen LogP contribution in [0.15, 0.2) is 0 Å². The smallest absolute Gasteiger partial charge is 0.381 e. The molecular weight excluding hydrogens is 245 g/mol. The summed E-state index contributed by atoms with van der Waals surface area (Å²) >= 11 is 0. The Hall–Kier alpha value is -0.330. The summed E-state index contributed by atoms with van der Waals surface area (Å²) in [5.74, 6) is 0.530. The van der Waals surface area contributed by atoms with Crippen LogP contribution in [0.4, 0.5) is 13.2 Å². The molecule has 1 aliphatic carbocycles. The topological polar surface area (TPSA) is 24.5 Å². The molecule has 1 N–H and O–H groups in total. The van der Waals surface area contributed by atoms with Gasteiger partial charge in [0.15, 0.2) is 0 Å². The Morgan fingerprint density at radius 1 is 1.22 bits per heavy atom. The van der Waals surface area contributed by atoms with Crippen molar-refractivity contribution in [3.63, 3.8) is 0 Å². The maximum atomic E-state index is 12.4. The molecule has 1 saturated heterocycles. The molecule has 1 saturated carbocycles. The average molecular weight is 266 g/mol. The molecular formula is C12H21F3N2O. The fraction of sp³-hybridized carbons (Fsp3) is 1.00. The van der Waals surface area contributed by atoms with Crippen molar-refractivity contribution in [2.75, 3.05) is 39.4 Å². The van der Waals surface area contributed by atoms with Gasteiger partial charge in [-0.1, -0.05) is 0 Å². The molecule has 0 aromatic rings. The van der Waals surface area contributed by atoms with Crippen molar-refractivity contribution in [2.45, 2.75) is 31.5 Å². The van der Waals surface area contributed by atoms with E-state index in [0.717, 1.165) is 39.0 Å². The second kappa shape index (κ2) is 6.21. The first kappa shape index (κ1) is 14.1. The molecule has 1 aliphatic heterocycles. The van der Waals surface area contributed by atoms with Gasteiger partial charge in [-0.15, -0.1) is 0 Å². The van der Waals surface area contributed by atoms with Crippen LogP contribution in [0.2, 0.25) is 0 Å². The van der Waals surface area contributed by atoms with E-state index in [-0.39, 0.29) is 6.04 Å². The summed E-state index contributed by atoms with van der Waals surface area (Å²) in [6.07, 6.45) is -1.21. The zero-order chi connectivity index (χ0) is 13.0. The molecule has 0 radical (unpaired) electrons. The first-order chi connectivity index (χ1) is 8.54. The van der Waals surface area contributed by atoms with Gasteiger partial charge >= 0.3 is 6.18 Å². The van der Waals surface area contributed by atoms with E-state index in [1.54, 1.807) is 4.90 Å². The number of halogens is 3. The SMILES string of the molecule is FC(F)(F)CN(CCNCC1CCOC1)C1CC1. The van der Waals surface area contributed by atoms with Crippen molar-refractivity contribution < 1.29 is 17.9 Å². The zero-order valence-electron chi connectivity index (χ0n) is 10.5. The number of rotatable bonds is 7. The van der Waals surface area contributed by atoms with Gasteiger partial charge in [0.2, 0.25) is 0 Å². The Morgan fingerprint density at radius 3 is 2.56 bits per heavy atom. The summed E-state index contributed by atoms with van der Waals surface area (Å²) in [7, 11) is 0. The molecule has 18 heavy (non-hydrogen) atoms. The highest BCUT2D eigenvalue weighted by atomic mass is 19.4. The third-order valence-corrected chi connectivity index (χ3v) is 3.48. The normalized spacial score (nSPS) is 25.0. The summed E-state index contributed by atoms with van der Waals surface area (Å²) in [4.78, 5) is 1.55. The molecule has 0 bridgehead atoms. The molecule has 1 atom stereocenters. The van der Waals surface area contributed by atoms with Crippen LogP contribution in [0.1, 0.15) is 19.3 Å². The number of ether oxygens (including phenoxy) is 1. The third kappa shape index (κ3) is 5.12. The monoisotopic (exact) mass is 266 g/mol. The molecule has 2 aliphatic rings. The third-order valence-electron chi connectivity index (χ3n) is 3.48. The fourth-order valence-corrected chi connectivity index (χ4v) is 2.33. The lowest BCUT2D eigenvalue weighted by atomic mass is 10.1. The van der Waals surface area contributed by atoms with Gasteiger partial charge < -0.3 is 10.1 Å². The molecule has 1 heterocycles. The van der Waals surface area contributed by atoms with Gasteiger partial charge in [0, 0.05) is 32.3 Å². The van der Waals surface area contributed by atoms with Crippen LogP contribution >= 0.6 is 0 Å². The van der Waals surface area contributed by atoms with Crippen molar-refractivity contribution in [3.8, 4) is 0 Å². The molecule has 0 aromatic heterocycles. The van der Waals surface area contributed by atoms with Crippen molar-refractivity contribution >= 4 is 0 Å². The summed E-state index contributed by atoms with van der Waals surface area (Å²) < 4.78 is 42.4. The van der Waals surface area contributed by atoms with Crippen LogP contribution in [0, 0.1) is 5.92 Å². The highest BCUT2D eigenvalue weighted by Crippen LogP contribution is 2.29. The van der Waals surface area contributed by atoms with E-state index in [9.17, 15) is 13.2 Å². The predicted octanol–water partition coefficient (Wildman–Crippen LogP) is 1.64. The van der Waals surface area contributed by atoms with E-state index in [2.05, 4.69) is 5.32 Å². The number of hydrogen-bond donors (Lipinski definition) is 1. The van der Waals surface area contributed by atoms with E-state index in [4.69, 9.17) is 4.74 Å². The van der Waals surface area contributed by atoms with Gasteiger partial charge in [0.25, 0.3) is 0 Å².